The van der Waals surface area contributed by atoms with E-state index >= 15 is 0 Å². The summed E-state index contributed by atoms with van der Waals surface area (Å²) in [4.78, 5) is 26.5. The average Bonchev–Trinajstić information content (AvgIpc) is 2.97. The van der Waals surface area contributed by atoms with Crippen LogP contribution >= 0.6 is 23.1 Å². The third kappa shape index (κ3) is 4.10. The Kier molecular flexibility index (Phi) is 5.54. The van der Waals surface area contributed by atoms with Crippen molar-refractivity contribution in [3.8, 4) is 0 Å². The zero-order chi connectivity index (χ0) is 17.8. The second-order valence-electron chi connectivity index (χ2n) is 5.57. The van der Waals surface area contributed by atoms with Crippen molar-refractivity contribution in [1.82, 2.24) is 10.2 Å². The van der Waals surface area contributed by atoms with Crippen LogP contribution in [0.4, 0.5) is 16.5 Å². The molecule has 2 heterocycles. The van der Waals surface area contributed by atoms with E-state index in [-0.39, 0.29) is 30.0 Å². The van der Waals surface area contributed by atoms with Gasteiger partial charge in [-0.1, -0.05) is 35.2 Å². The number of hydrogen-bond donors (Lipinski definition) is 2. The van der Waals surface area contributed by atoms with Gasteiger partial charge in [-0.25, -0.2) is 0 Å². The van der Waals surface area contributed by atoms with Crippen LogP contribution < -0.4 is 15.5 Å². The van der Waals surface area contributed by atoms with Crippen LogP contribution in [0.1, 0.15) is 20.3 Å². The van der Waals surface area contributed by atoms with Gasteiger partial charge < -0.3 is 15.5 Å². The highest BCUT2D eigenvalue weighted by molar-refractivity contribution is 8.01. The Morgan fingerprint density at radius 3 is 3.04 bits per heavy atom. The molecular formula is C16H19N5O2S2. The Hall–Kier alpha value is -2.13. The number of nitrogens with one attached hydrogen (secondary N) is 2. The summed E-state index contributed by atoms with van der Waals surface area (Å²) in [5.41, 5.74) is 1.40. The predicted molar refractivity (Wildman–Crippen MR) is 101 cm³/mol. The fourth-order valence-corrected chi connectivity index (χ4v) is 4.33. The number of carbonyl (C=O) groups excluding carboxylic acids is 2. The van der Waals surface area contributed by atoms with E-state index in [9.17, 15) is 9.59 Å². The molecule has 2 aromatic rings. The summed E-state index contributed by atoms with van der Waals surface area (Å²) < 4.78 is 0.745. The van der Waals surface area contributed by atoms with Crippen molar-refractivity contribution < 1.29 is 9.59 Å². The summed E-state index contributed by atoms with van der Waals surface area (Å²) in [6.07, 6.45) is 0.272. The van der Waals surface area contributed by atoms with Gasteiger partial charge in [-0.2, -0.15) is 0 Å². The second kappa shape index (κ2) is 7.83. The quantitative estimate of drug-likeness (QED) is 0.779. The first-order valence-corrected chi connectivity index (χ1v) is 9.79. The van der Waals surface area contributed by atoms with Crippen molar-refractivity contribution >= 4 is 51.4 Å². The molecule has 132 valence electrons. The molecule has 0 radical (unpaired) electrons. The molecule has 2 amide bonds. The van der Waals surface area contributed by atoms with Crippen LogP contribution in [0.5, 0.6) is 0 Å². The molecule has 1 aliphatic rings. The minimum absolute atomic E-state index is 0.0540. The molecule has 1 aromatic heterocycles. The van der Waals surface area contributed by atoms with E-state index in [0.717, 1.165) is 21.7 Å². The molecule has 0 saturated carbocycles. The Balaban J connectivity index is 1.74. The van der Waals surface area contributed by atoms with Gasteiger partial charge in [0.25, 0.3) is 0 Å². The van der Waals surface area contributed by atoms with E-state index in [4.69, 9.17) is 0 Å². The molecule has 25 heavy (non-hydrogen) atoms. The fraction of sp³-hybridized carbons (Fsp3) is 0.375. The van der Waals surface area contributed by atoms with Gasteiger partial charge in [-0.3, -0.25) is 9.59 Å². The molecule has 0 fully saturated rings. The predicted octanol–water partition coefficient (Wildman–Crippen LogP) is 2.83. The lowest BCUT2D eigenvalue weighted by molar-refractivity contribution is -0.117. The maximum atomic E-state index is 12.8. The van der Waals surface area contributed by atoms with E-state index in [1.807, 2.05) is 38.1 Å². The van der Waals surface area contributed by atoms with Gasteiger partial charge in [-0.05, 0) is 26.0 Å². The first-order valence-electron chi connectivity index (χ1n) is 7.99. The highest BCUT2D eigenvalue weighted by Crippen LogP contribution is 2.33. The number of anilines is 3. The molecule has 1 aromatic carbocycles. The fourth-order valence-electron chi connectivity index (χ4n) is 2.65. The molecule has 3 rings (SSSR count). The molecule has 0 unspecified atom stereocenters. The number of thioether (sulfide) groups is 1. The summed E-state index contributed by atoms with van der Waals surface area (Å²) in [6.45, 7) is 4.66. The van der Waals surface area contributed by atoms with Crippen molar-refractivity contribution in [2.24, 2.45) is 0 Å². The third-order valence-corrected chi connectivity index (χ3v) is 5.68. The third-order valence-electron chi connectivity index (χ3n) is 3.68. The molecule has 9 heteroatoms. The number of carbonyl (C=O) groups is 2. The summed E-state index contributed by atoms with van der Waals surface area (Å²) in [6, 6.07) is 7.17. The van der Waals surface area contributed by atoms with Crippen molar-refractivity contribution in [3.05, 3.63) is 24.3 Å². The molecule has 0 aliphatic carbocycles. The van der Waals surface area contributed by atoms with Crippen molar-refractivity contribution in [2.45, 2.75) is 30.6 Å². The zero-order valence-electron chi connectivity index (χ0n) is 14.0. The standard InChI is InChI=1S/C16H19N5O2S2/c1-3-17-15-19-20-16(25-15)24-9-14(23)21-10(2)8-13(22)18-11-6-4-5-7-12(11)21/h4-7,10H,3,8-9H2,1-2H3,(H,17,19)(H,18,22)/t10-/m1/s1. The van der Waals surface area contributed by atoms with Crippen LogP contribution in [0.25, 0.3) is 0 Å². The number of aromatic nitrogens is 2. The van der Waals surface area contributed by atoms with E-state index in [0.29, 0.717) is 5.69 Å². The molecule has 1 aliphatic heterocycles. The van der Waals surface area contributed by atoms with Crippen LogP contribution in [0.3, 0.4) is 0 Å². The Morgan fingerprint density at radius 1 is 1.44 bits per heavy atom. The largest absolute Gasteiger partial charge is 0.360 e. The lowest BCUT2D eigenvalue weighted by atomic mass is 10.2. The number of benzene rings is 1. The summed E-state index contributed by atoms with van der Waals surface area (Å²) >= 11 is 2.79. The summed E-state index contributed by atoms with van der Waals surface area (Å²) in [5, 5.41) is 14.8. The molecular weight excluding hydrogens is 358 g/mol. The Morgan fingerprint density at radius 2 is 2.24 bits per heavy atom. The minimum Gasteiger partial charge on any atom is -0.360 e. The van der Waals surface area contributed by atoms with Gasteiger partial charge in [0.1, 0.15) is 0 Å². The van der Waals surface area contributed by atoms with Crippen molar-refractivity contribution in [1.29, 1.82) is 0 Å². The highest BCUT2D eigenvalue weighted by atomic mass is 32.2. The minimum atomic E-state index is -0.205. The van der Waals surface area contributed by atoms with E-state index in [1.54, 1.807) is 4.90 Å². The topological polar surface area (TPSA) is 87.2 Å². The maximum Gasteiger partial charge on any atom is 0.237 e. The van der Waals surface area contributed by atoms with Gasteiger partial charge in [0.2, 0.25) is 16.9 Å². The van der Waals surface area contributed by atoms with Crippen LogP contribution in [0, 0.1) is 0 Å². The Bertz CT molecular complexity index is 779. The number of hydrogen-bond acceptors (Lipinski definition) is 7. The zero-order valence-corrected chi connectivity index (χ0v) is 15.6. The second-order valence-corrected chi connectivity index (χ2v) is 7.77. The molecule has 0 bridgehead atoms. The van der Waals surface area contributed by atoms with Crippen LogP contribution in [-0.4, -0.2) is 40.4 Å². The number of fused-ring (bicyclic) bond motifs is 1. The SMILES string of the molecule is CCNc1nnc(SCC(=O)N2c3ccccc3NC(=O)C[C@H]2C)s1. The van der Waals surface area contributed by atoms with E-state index in [2.05, 4.69) is 20.8 Å². The first kappa shape index (κ1) is 17.7. The monoisotopic (exact) mass is 377 g/mol. The van der Waals surface area contributed by atoms with Crippen LogP contribution in [-0.2, 0) is 9.59 Å². The maximum absolute atomic E-state index is 12.8. The molecule has 1 atom stereocenters. The number of nitrogens with zero attached hydrogens (tertiary/aromatic N) is 3. The highest BCUT2D eigenvalue weighted by Gasteiger charge is 2.29. The van der Waals surface area contributed by atoms with Gasteiger partial charge in [0, 0.05) is 19.0 Å². The normalized spacial score (nSPS) is 16.8. The number of amides is 2. The van der Waals surface area contributed by atoms with Crippen molar-refractivity contribution in [2.75, 3.05) is 27.8 Å². The summed E-state index contributed by atoms with van der Waals surface area (Å²) in [5.74, 6) is 0.108. The molecule has 2 N–H and O–H groups in total. The Labute approximate surface area is 154 Å². The number of rotatable bonds is 5. The molecule has 0 spiro atoms. The van der Waals surface area contributed by atoms with Crippen molar-refractivity contribution in [3.63, 3.8) is 0 Å². The lowest BCUT2D eigenvalue weighted by Crippen LogP contribution is -2.40. The van der Waals surface area contributed by atoms with Crippen LogP contribution in [0.2, 0.25) is 0 Å². The smallest absolute Gasteiger partial charge is 0.237 e. The van der Waals surface area contributed by atoms with E-state index in [1.165, 1.54) is 23.1 Å². The summed E-state index contributed by atoms with van der Waals surface area (Å²) in [7, 11) is 0. The van der Waals surface area contributed by atoms with Gasteiger partial charge in [-0.15, -0.1) is 10.2 Å². The van der Waals surface area contributed by atoms with Gasteiger partial charge in [0.05, 0.1) is 17.1 Å². The molecule has 7 nitrogen and oxygen atoms in total. The molecule has 0 saturated heterocycles. The van der Waals surface area contributed by atoms with Gasteiger partial charge >= 0.3 is 0 Å². The average molecular weight is 377 g/mol. The van der Waals surface area contributed by atoms with E-state index < -0.39 is 0 Å². The number of para-hydroxylation sites is 2. The first-order chi connectivity index (χ1) is 12.1. The van der Waals surface area contributed by atoms with Gasteiger partial charge in [0.15, 0.2) is 4.34 Å². The van der Waals surface area contributed by atoms with Crippen LogP contribution in [0.15, 0.2) is 28.6 Å². The lowest BCUT2D eigenvalue weighted by Gasteiger charge is -2.27.